The first-order chi connectivity index (χ1) is 35.2. The van der Waals surface area contributed by atoms with Crippen molar-refractivity contribution in [1.29, 1.82) is 0 Å². The number of hydrogen-bond donors (Lipinski definition) is 10. The van der Waals surface area contributed by atoms with E-state index in [4.69, 9.17) is 24.7 Å². The van der Waals surface area contributed by atoms with Gasteiger partial charge in [-0.3, -0.25) is 42.2 Å². The number of aromatic nitrogens is 2. The van der Waals surface area contributed by atoms with Crippen LogP contribution in [0.4, 0.5) is 5.82 Å². The zero-order valence-corrected chi connectivity index (χ0v) is 41.4. The molecule has 1 aromatic heterocycles. The molecule has 3 aliphatic rings. The van der Waals surface area contributed by atoms with Crippen LogP contribution < -0.4 is 32.8 Å². The second kappa shape index (κ2) is 23.9. The first kappa shape index (κ1) is 56.9. The van der Waals surface area contributed by atoms with Crippen LogP contribution in [-0.2, 0) is 48.4 Å². The number of carboxylic acids is 1. The SMILES string of the molecule is Nc1nc(=O)n([C@H]2CC[C@@H](COP(=O)(O)O)O2)cc1C#CCNC(=O)CCCCCNC(=O)C(CC(=O)C(CNC(=O)c1ccc(-c2c3ccc(=O)cc-3oc3cc(O)ccc23)c(C(=O)O)c1)S(=O)(=O)O)S(=O)(=O)O. The Kier molecular flexibility index (Phi) is 18.1. The second-order valence-electron chi connectivity index (χ2n) is 16.8. The third-order valence-corrected chi connectivity index (χ3v) is 14.2. The van der Waals surface area contributed by atoms with Crippen molar-refractivity contribution in [2.45, 2.75) is 67.8 Å². The molecule has 0 saturated carbocycles. The number of aromatic hydroxyl groups is 1. The zero-order chi connectivity index (χ0) is 55.0. The van der Waals surface area contributed by atoms with E-state index in [1.165, 1.54) is 42.6 Å². The van der Waals surface area contributed by atoms with Gasteiger partial charge in [0, 0.05) is 66.3 Å². The fourth-order valence-electron chi connectivity index (χ4n) is 7.81. The first-order valence-corrected chi connectivity index (χ1v) is 26.8. The number of anilines is 1. The lowest BCUT2D eigenvalue weighted by molar-refractivity contribution is -0.125. The van der Waals surface area contributed by atoms with Crippen molar-refractivity contribution in [1.82, 2.24) is 25.5 Å². The standard InChI is InChI=1S/C45H47N6O21PS2/c46-41-25(22-51(45(60)50-41)39-14-10-28(71-39)23-70-73(61,62)63)5-4-16-47-38(55)6-2-1-3-15-48-43(57)36(74(64,65)66)20-33(54)37(75(67,68)69)21-49-42(56)24-7-11-29(32(17-24)44(58)59)40-30-12-8-26(52)18-34(30)72-35-19-27(53)9-13-31(35)40/h7-9,11-13,17-19,22,28,36-37,39,52H,1-3,6,10,14-16,20-21,23H2,(H,47,55)(H,48,57)(H,49,56)(H,58,59)(H2,46,50,60)(H2,61,62,63)(H,64,65,66)(H,67,68,69)/t28-,36?,37?,39+/m0/s1. The number of unbranched alkanes of at least 4 members (excludes halogenated alkanes) is 2. The van der Waals surface area contributed by atoms with Gasteiger partial charge in [-0.05, 0) is 67.6 Å². The van der Waals surface area contributed by atoms with Crippen LogP contribution in [0.5, 0.6) is 5.75 Å². The predicted molar refractivity (Wildman–Crippen MR) is 261 cm³/mol. The van der Waals surface area contributed by atoms with Gasteiger partial charge < -0.3 is 50.8 Å². The van der Waals surface area contributed by atoms with E-state index in [1.54, 1.807) is 0 Å². The number of nitrogen functional groups attached to an aromatic ring is 1. The quantitative estimate of drug-likeness (QED) is 0.0152. The van der Waals surface area contributed by atoms with Crippen LogP contribution in [0.3, 0.4) is 0 Å². The number of nitrogens with one attached hydrogen (secondary N) is 3. The number of hydrogen-bond acceptors (Lipinski definition) is 18. The van der Waals surface area contributed by atoms with E-state index in [9.17, 15) is 74.3 Å². The largest absolute Gasteiger partial charge is 0.508 e. The van der Waals surface area contributed by atoms with Crippen molar-refractivity contribution in [2.24, 2.45) is 0 Å². The number of nitrogens with zero attached hydrogens (tertiary/aromatic N) is 2. The molecule has 0 spiro atoms. The summed E-state index contributed by atoms with van der Waals surface area (Å²) in [6, 6.07) is 11.1. The van der Waals surface area contributed by atoms with Crippen molar-refractivity contribution in [3.05, 3.63) is 98.2 Å². The van der Waals surface area contributed by atoms with Gasteiger partial charge in [0.15, 0.2) is 21.7 Å². The molecule has 3 aromatic rings. The van der Waals surface area contributed by atoms with Crippen molar-refractivity contribution in [2.75, 3.05) is 32.0 Å². The van der Waals surface area contributed by atoms with Gasteiger partial charge in [-0.15, -0.1) is 0 Å². The smallest absolute Gasteiger partial charge is 0.469 e. The number of fused-ring (bicyclic) bond motifs is 2. The number of carbonyl (C=O) groups excluding carboxylic acids is 4. The lowest BCUT2D eigenvalue weighted by Gasteiger charge is -2.18. The summed E-state index contributed by atoms with van der Waals surface area (Å²) in [7, 11) is -15.6. The fraction of sp³-hybridized carbons (Fsp3) is 0.333. The Balaban J connectivity index is 0.990. The number of Topliss-reactive ketones (excluding diaryl/α,β-unsaturated/α-hetero) is 1. The van der Waals surface area contributed by atoms with Crippen LogP contribution in [0.2, 0.25) is 0 Å². The minimum absolute atomic E-state index is 0.0188. The number of nitrogens with two attached hydrogens (primary N) is 1. The summed E-state index contributed by atoms with van der Waals surface area (Å²) in [6.07, 6.45) is -0.417. The highest BCUT2D eigenvalue weighted by Gasteiger charge is 2.39. The van der Waals surface area contributed by atoms with Gasteiger partial charge in [0.05, 0.1) is 30.4 Å². The van der Waals surface area contributed by atoms with E-state index in [-0.39, 0.29) is 83.1 Å². The number of phenols is 1. The van der Waals surface area contributed by atoms with Crippen LogP contribution in [0, 0.1) is 11.8 Å². The Labute approximate surface area is 424 Å². The summed E-state index contributed by atoms with van der Waals surface area (Å²) in [5.41, 5.74) is 4.55. The van der Waals surface area contributed by atoms with Gasteiger partial charge in [0.1, 0.15) is 29.1 Å². The normalized spacial score (nSPS) is 15.6. The number of phosphoric acid groups is 1. The summed E-state index contributed by atoms with van der Waals surface area (Å²) in [5, 5.41) is 22.3. The molecule has 30 heteroatoms. The molecule has 0 radical (unpaired) electrons. The third-order valence-electron chi connectivity index (χ3n) is 11.4. The maximum Gasteiger partial charge on any atom is 0.469 e. The number of aromatic carboxylic acids is 1. The Bertz CT molecular complexity index is 3490. The molecule has 11 N–H and O–H groups in total. The number of carboxylic acid groups (broad SMARTS) is 1. The molecule has 400 valence electrons. The molecule has 27 nitrogen and oxygen atoms in total. The molecule has 75 heavy (non-hydrogen) atoms. The van der Waals surface area contributed by atoms with Crippen LogP contribution in [0.15, 0.2) is 74.8 Å². The molecule has 1 saturated heterocycles. The van der Waals surface area contributed by atoms with Crippen LogP contribution in [0.1, 0.15) is 77.5 Å². The summed E-state index contributed by atoms with van der Waals surface area (Å²) in [6.45, 7) is -2.00. The number of rotatable bonds is 22. The molecule has 6 rings (SSSR count). The highest BCUT2D eigenvalue weighted by molar-refractivity contribution is 7.87. The number of amides is 3. The fourth-order valence-corrected chi connectivity index (χ4v) is 9.62. The minimum Gasteiger partial charge on any atom is -0.508 e. The number of ketones is 1. The number of phosphoric ester groups is 1. The molecule has 2 unspecified atom stereocenters. The highest BCUT2D eigenvalue weighted by atomic mass is 32.2. The Morgan fingerprint density at radius 3 is 2.32 bits per heavy atom. The molecule has 4 atom stereocenters. The average molecular weight is 1100 g/mol. The predicted octanol–water partition coefficient (Wildman–Crippen LogP) is 0.941. The minimum atomic E-state index is -5.44. The lowest BCUT2D eigenvalue weighted by Crippen LogP contribution is -2.46. The maximum atomic E-state index is 13.3. The first-order valence-electron chi connectivity index (χ1n) is 22.3. The molecule has 3 amide bonds. The molecule has 0 bridgehead atoms. The average Bonchev–Trinajstić information content (AvgIpc) is 3.80. The van der Waals surface area contributed by atoms with Gasteiger partial charge in [0.2, 0.25) is 11.8 Å². The molecular weight excluding hydrogens is 1060 g/mol. The molecule has 3 heterocycles. The number of carbonyl (C=O) groups is 5. The topological polar surface area (TPSA) is 438 Å². The molecular formula is C45H47N6O21PS2. The summed E-state index contributed by atoms with van der Waals surface area (Å²) in [4.78, 5) is 111. The van der Waals surface area contributed by atoms with Crippen LogP contribution >= 0.6 is 7.82 Å². The molecule has 1 aliphatic carbocycles. The van der Waals surface area contributed by atoms with Crippen molar-refractivity contribution >= 4 is 74.3 Å². The molecule has 1 fully saturated rings. The Hall–Kier alpha value is -7.39. The molecule has 2 aliphatic heterocycles. The van der Waals surface area contributed by atoms with Crippen molar-refractivity contribution in [3.8, 4) is 40.0 Å². The highest BCUT2D eigenvalue weighted by Crippen LogP contribution is 2.42. The number of benzene rings is 3. The van der Waals surface area contributed by atoms with E-state index in [0.29, 0.717) is 24.6 Å². The van der Waals surface area contributed by atoms with E-state index in [2.05, 4.69) is 37.3 Å². The number of phenolic OH excluding ortho intramolecular Hbond substituents is 1. The van der Waals surface area contributed by atoms with Gasteiger partial charge in [0.25, 0.3) is 26.1 Å². The van der Waals surface area contributed by atoms with Crippen LogP contribution in [0.25, 0.3) is 33.4 Å². The summed E-state index contributed by atoms with van der Waals surface area (Å²) >= 11 is 0. The Morgan fingerprint density at radius 2 is 1.63 bits per heavy atom. The van der Waals surface area contributed by atoms with Gasteiger partial charge in [-0.25, -0.2) is 14.2 Å². The summed E-state index contributed by atoms with van der Waals surface area (Å²) in [5.74, 6) is -1.16. The zero-order valence-electron chi connectivity index (χ0n) is 38.9. The second-order valence-corrected chi connectivity index (χ2v) is 21.2. The van der Waals surface area contributed by atoms with E-state index in [1.807, 2.05) is 0 Å². The van der Waals surface area contributed by atoms with Gasteiger partial charge in [-0.1, -0.05) is 24.3 Å². The van der Waals surface area contributed by atoms with Crippen LogP contribution in [-0.4, -0.2) is 128 Å². The third kappa shape index (κ3) is 15.1. The summed E-state index contributed by atoms with van der Waals surface area (Å²) < 4.78 is 97.0. The Morgan fingerprint density at radius 1 is 0.907 bits per heavy atom. The lowest BCUT2D eigenvalue weighted by atomic mass is 9.90. The van der Waals surface area contributed by atoms with Crippen molar-refractivity contribution in [3.63, 3.8) is 0 Å². The monoisotopic (exact) mass is 1100 g/mol. The van der Waals surface area contributed by atoms with Crippen molar-refractivity contribution < 1.29 is 88.2 Å². The number of ether oxygens (including phenoxy) is 1. The van der Waals surface area contributed by atoms with Gasteiger partial charge >= 0.3 is 19.5 Å². The molecule has 2 aromatic carbocycles. The van der Waals surface area contributed by atoms with Gasteiger partial charge in [-0.2, -0.15) is 21.8 Å². The van der Waals surface area contributed by atoms with E-state index >= 15 is 0 Å². The maximum absolute atomic E-state index is 13.3. The van der Waals surface area contributed by atoms with E-state index in [0.717, 1.165) is 22.8 Å². The van der Waals surface area contributed by atoms with E-state index < -0.39 is 117 Å².